The molecule has 0 spiro atoms. The van der Waals surface area contributed by atoms with E-state index in [-0.39, 0.29) is 16.6 Å². The van der Waals surface area contributed by atoms with E-state index >= 15 is 0 Å². The van der Waals surface area contributed by atoms with Crippen molar-refractivity contribution in [1.82, 2.24) is 5.32 Å². The number of benzene rings is 2. The number of rotatable bonds is 7. The van der Waals surface area contributed by atoms with E-state index in [9.17, 15) is 13.2 Å². The van der Waals surface area contributed by atoms with Crippen LogP contribution in [0.15, 0.2) is 59.5 Å². The average Bonchev–Trinajstić information content (AvgIpc) is 2.61. The topological polar surface area (TPSA) is 98.5 Å². The van der Waals surface area contributed by atoms with Crippen molar-refractivity contribution < 1.29 is 17.9 Å². The highest BCUT2D eigenvalue weighted by Crippen LogP contribution is 2.23. The molecule has 0 heterocycles. The molecule has 0 fully saturated rings. The van der Waals surface area contributed by atoms with E-state index in [0.717, 1.165) is 16.7 Å². The van der Waals surface area contributed by atoms with Crippen molar-refractivity contribution in [2.75, 3.05) is 13.7 Å². The third kappa shape index (κ3) is 5.44. The standard InChI is InChI=1S/C19H22N2O4S/c1-14(16-6-4-3-5-7-16)12-19(22)21-11-10-15-8-9-17(25-2)18(13-15)26(20,23)24/h3-9,12-13H,10-11H2,1-2H3,(H,21,22)(H2,20,23,24). The van der Waals surface area contributed by atoms with Crippen LogP contribution in [0.4, 0.5) is 0 Å². The van der Waals surface area contributed by atoms with E-state index < -0.39 is 10.0 Å². The maximum Gasteiger partial charge on any atom is 0.244 e. The first-order valence-corrected chi connectivity index (χ1v) is 9.57. The summed E-state index contributed by atoms with van der Waals surface area (Å²) in [5.41, 5.74) is 2.58. The number of primary sulfonamides is 1. The van der Waals surface area contributed by atoms with Gasteiger partial charge in [-0.15, -0.1) is 0 Å². The highest BCUT2D eigenvalue weighted by molar-refractivity contribution is 7.89. The van der Waals surface area contributed by atoms with Crippen LogP contribution < -0.4 is 15.2 Å². The van der Waals surface area contributed by atoms with Crippen LogP contribution in [-0.2, 0) is 21.2 Å². The summed E-state index contributed by atoms with van der Waals surface area (Å²) in [4.78, 5) is 12.0. The van der Waals surface area contributed by atoms with Crippen LogP contribution in [0.3, 0.4) is 0 Å². The van der Waals surface area contributed by atoms with Crippen molar-refractivity contribution in [3.8, 4) is 5.75 Å². The van der Waals surface area contributed by atoms with Crippen molar-refractivity contribution in [3.63, 3.8) is 0 Å². The first-order chi connectivity index (χ1) is 12.3. The number of nitrogens with one attached hydrogen (secondary N) is 1. The molecule has 2 aromatic carbocycles. The Kier molecular flexibility index (Phi) is 6.54. The second-order valence-corrected chi connectivity index (χ2v) is 7.29. The quantitative estimate of drug-likeness (QED) is 0.725. The number of carbonyl (C=O) groups is 1. The highest BCUT2D eigenvalue weighted by Gasteiger charge is 2.15. The summed E-state index contributed by atoms with van der Waals surface area (Å²) in [6.07, 6.45) is 2.01. The predicted octanol–water partition coefficient (Wildman–Crippen LogP) is 2.10. The van der Waals surface area contributed by atoms with Gasteiger partial charge < -0.3 is 10.1 Å². The first-order valence-electron chi connectivity index (χ1n) is 8.02. The molecule has 0 bridgehead atoms. The average molecular weight is 374 g/mol. The molecule has 1 amide bonds. The zero-order valence-electron chi connectivity index (χ0n) is 14.7. The lowest BCUT2D eigenvalue weighted by Gasteiger charge is -2.09. The summed E-state index contributed by atoms with van der Waals surface area (Å²) >= 11 is 0. The molecule has 0 unspecified atom stereocenters. The minimum Gasteiger partial charge on any atom is -0.495 e. The number of sulfonamides is 1. The van der Waals surface area contributed by atoms with Crippen LogP contribution in [0, 0.1) is 0 Å². The Hall–Kier alpha value is -2.64. The van der Waals surface area contributed by atoms with Gasteiger partial charge in [-0.05, 0) is 42.2 Å². The Morgan fingerprint density at radius 3 is 2.50 bits per heavy atom. The van der Waals surface area contributed by atoms with Crippen LogP contribution >= 0.6 is 0 Å². The van der Waals surface area contributed by atoms with Crippen LogP contribution in [0.5, 0.6) is 5.75 Å². The number of hydrogen-bond acceptors (Lipinski definition) is 4. The smallest absolute Gasteiger partial charge is 0.244 e. The molecule has 2 aromatic rings. The Bertz CT molecular complexity index is 906. The van der Waals surface area contributed by atoms with Gasteiger partial charge in [0.1, 0.15) is 10.6 Å². The lowest BCUT2D eigenvalue weighted by molar-refractivity contribution is -0.116. The number of allylic oxidation sites excluding steroid dienone is 1. The van der Waals surface area contributed by atoms with Gasteiger partial charge in [0.25, 0.3) is 0 Å². The van der Waals surface area contributed by atoms with Gasteiger partial charge in [-0.1, -0.05) is 36.4 Å². The van der Waals surface area contributed by atoms with Crippen molar-refractivity contribution in [2.24, 2.45) is 5.14 Å². The largest absolute Gasteiger partial charge is 0.495 e. The van der Waals surface area contributed by atoms with E-state index in [4.69, 9.17) is 9.88 Å². The Labute approximate surface area is 153 Å². The molecule has 0 saturated carbocycles. The Morgan fingerprint density at radius 1 is 1.19 bits per heavy atom. The van der Waals surface area contributed by atoms with E-state index in [2.05, 4.69) is 5.32 Å². The second kappa shape index (κ2) is 8.64. The Morgan fingerprint density at radius 2 is 1.88 bits per heavy atom. The van der Waals surface area contributed by atoms with E-state index in [1.807, 2.05) is 37.3 Å². The zero-order chi connectivity index (χ0) is 19.2. The molecule has 138 valence electrons. The SMILES string of the molecule is COc1ccc(CCNC(=O)C=C(C)c2ccccc2)cc1S(N)(=O)=O. The molecule has 0 aliphatic rings. The van der Waals surface area contributed by atoms with Gasteiger partial charge in [0.15, 0.2) is 0 Å². The predicted molar refractivity (Wildman–Crippen MR) is 101 cm³/mol. The van der Waals surface area contributed by atoms with Crippen molar-refractivity contribution >= 4 is 21.5 Å². The first kappa shape index (κ1) is 19.7. The fourth-order valence-corrected chi connectivity index (χ4v) is 3.21. The molecule has 0 aliphatic carbocycles. The normalized spacial score (nSPS) is 11.9. The summed E-state index contributed by atoms with van der Waals surface area (Å²) < 4.78 is 28.3. The molecule has 3 N–H and O–H groups in total. The van der Waals surface area contributed by atoms with Gasteiger partial charge in [-0.25, -0.2) is 13.6 Å². The lowest BCUT2D eigenvalue weighted by atomic mass is 10.1. The molecule has 6 nitrogen and oxygen atoms in total. The van der Waals surface area contributed by atoms with Crippen LogP contribution in [0.1, 0.15) is 18.1 Å². The van der Waals surface area contributed by atoms with Crippen molar-refractivity contribution in [1.29, 1.82) is 0 Å². The summed E-state index contributed by atoms with van der Waals surface area (Å²) in [5, 5.41) is 8.00. The van der Waals surface area contributed by atoms with Gasteiger partial charge >= 0.3 is 0 Å². The number of carbonyl (C=O) groups excluding carboxylic acids is 1. The zero-order valence-corrected chi connectivity index (χ0v) is 15.5. The number of hydrogen-bond donors (Lipinski definition) is 2. The van der Waals surface area contributed by atoms with Gasteiger partial charge in [-0.3, -0.25) is 4.79 Å². The Balaban J connectivity index is 1.98. The summed E-state index contributed by atoms with van der Waals surface area (Å²) in [6, 6.07) is 14.4. The molecule has 0 aromatic heterocycles. The number of nitrogens with two attached hydrogens (primary N) is 1. The molecule has 0 atom stereocenters. The molecule has 0 saturated heterocycles. The fourth-order valence-electron chi connectivity index (χ4n) is 2.46. The minimum atomic E-state index is -3.88. The summed E-state index contributed by atoms with van der Waals surface area (Å²) in [7, 11) is -2.50. The van der Waals surface area contributed by atoms with Gasteiger partial charge in [0.2, 0.25) is 15.9 Å². The minimum absolute atomic E-state index is 0.0661. The fraction of sp³-hybridized carbons (Fsp3) is 0.211. The van der Waals surface area contributed by atoms with Gasteiger partial charge in [0, 0.05) is 12.6 Å². The van der Waals surface area contributed by atoms with E-state index in [1.165, 1.54) is 13.2 Å². The van der Waals surface area contributed by atoms with Gasteiger partial charge in [-0.2, -0.15) is 0 Å². The molecule has 2 rings (SSSR count). The molecule has 26 heavy (non-hydrogen) atoms. The summed E-state index contributed by atoms with van der Waals surface area (Å²) in [6.45, 7) is 2.24. The van der Waals surface area contributed by atoms with Crippen LogP contribution in [-0.4, -0.2) is 28.0 Å². The molecule has 7 heteroatoms. The maximum absolute atomic E-state index is 12.0. The molecule has 0 radical (unpaired) electrons. The number of methoxy groups -OCH3 is 1. The van der Waals surface area contributed by atoms with E-state index in [0.29, 0.717) is 13.0 Å². The van der Waals surface area contributed by atoms with Crippen molar-refractivity contribution in [2.45, 2.75) is 18.2 Å². The monoisotopic (exact) mass is 374 g/mol. The number of amides is 1. The van der Waals surface area contributed by atoms with Crippen LogP contribution in [0.25, 0.3) is 5.57 Å². The second-order valence-electron chi connectivity index (χ2n) is 5.76. The van der Waals surface area contributed by atoms with Crippen LogP contribution in [0.2, 0.25) is 0 Å². The van der Waals surface area contributed by atoms with Crippen molar-refractivity contribution in [3.05, 3.63) is 65.7 Å². The van der Waals surface area contributed by atoms with Gasteiger partial charge in [0.05, 0.1) is 7.11 Å². The molecular weight excluding hydrogens is 352 g/mol. The van der Waals surface area contributed by atoms with E-state index in [1.54, 1.807) is 18.2 Å². The summed E-state index contributed by atoms with van der Waals surface area (Å²) in [5.74, 6) is -0.00626. The third-order valence-corrected chi connectivity index (χ3v) is 4.76. The molecule has 0 aliphatic heterocycles. The molecular formula is C19H22N2O4S. The third-order valence-electron chi connectivity index (χ3n) is 3.82. The maximum atomic E-state index is 12.0. The number of ether oxygens (including phenoxy) is 1. The highest BCUT2D eigenvalue weighted by atomic mass is 32.2. The lowest BCUT2D eigenvalue weighted by Crippen LogP contribution is -2.24.